The number of ether oxygens (including phenoxy) is 2. The molecular weight excluding hydrogens is 464 g/mol. The Hall–Kier alpha value is -0.690. The van der Waals surface area contributed by atoms with Crippen LogP contribution in [0.1, 0.15) is 91.4 Å². The minimum atomic E-state index is -0.200. The zero-order valence-corrected chi connectivity index (χ0v) is 23.7. The van der Waals surface area contributed by atoms with Gasteiger partial charge >= 0.3 is 5.97 Å². The van der Waals surface area contributed by atoms with Gasteiger partial charge in [-0.2, -0.15) is 0 Å². The molecule has 0 aromatic carbocycles. The number of nitrogens with zero attached hydrogens (tertiary/aromatic N) is 2. The normalized spacial score (nSPS) is 49.4. The summed E-state index contributed by atoms with van der Waals surface area (Å²) in [5.41, 5.74) is 0.384. The van der Waals surface area contributed by atoms with Crippen LogP contribution in [-0.4, -0.2) is 84.6 Å². The molecular formula is C31H52N2O4. The molecule has 0 amide bonds. The first kappa shape index (κ1) is 26.5. The molecule has 0 spiro atoms. The Morgan fingerprint density at radius 2 is 1.54 bits per heavy atom. The summed E-state index contributed by atoms with van der Waals surface area (Å²) in [5.74, 6) is 2.55. The summed E-state index contributed by atoms with van der Waals surface area (Å²) in [7, 11) is 0. The molecule has 6 fully saturated rings. The fraction of sp³-hybridized carbons (Fsp3) is 0.968. The van der Waals surface area contributed by atoms with Crippen LogP contribution in [0.4, 0.5) is 0 Å². The van der Waals surface area contributed by atoms with Gasteiger partial charge in [0.25, 0.3) is 0 Å². The average Bonchev–Trinajstić information content (AvgIpc) is 3.03. The molecule has 6 aliphatic rings. The Labute approximate surface area is 224 Å². The monoisotopic (exact) mass is 516 g/mol. The van der Waals surface area contributed by atoms with Crippen LogP contribution in [0.5, 0.6) is 0 Å². The Morgan fingerprint density at radius 1 is 0.838 bits per heavy atom. The number of carbonyl (C=O) groups is 1. The van der Waals surface area contributed by atoms with Crippen molar-refractivity contribution in [2.45, 2.75) is 116 Å². The highest BCUT2D eigenvalue weighted by molar-refractivity contribution is 5.66. The van der Waals surface area contributed by atoms with E-state index in [0.717, 1.165) is 64.1 Å². The first-order valence-electron chi connectivity index (χ1n) is 15.7. The number of fused-ring (bicyclic) bond motifs is 5. The van der Waals surface area contributed by atoms with Gasteiger partial charge in [-0.3, -0.25) is 14.6 Å². The van der Waals surface area contributed by atoms with Gasteiger partial charge in [0.1, 0.15) is 6.10 Å². The van der Waals surface area contributed by atoms with E-state index in [0.29, 0.717) is 29.3 Å². The fourth-order valence-electron chi connectivity index (χ4n) is 10.8. The fourth-order valence-corrected chi connectivity index (χ4v) is 10.8. The molecule has 4 aliphatic carbocycles. The maximum absolute atomic E-state index is 12.4. The number of aliphatic hydroxyl groups excluding tert-OH is 1. The number of likely N-dealkylation sites (tertiary alicyclic amines) is 1. The average molecular weight is 517 g/mol. The minimum Gasteiger partial charge on any atom is -0.460 e. The molecule has 6 nitrogen and oxygen atoms in total. The van der Waals surface area contributed by atoms with E-state index in [9.17, 15) is 9.90 Å². The summed E-state index contributed by atoms with van der Waals surface area (Å²) in [6, 6.07) is 0.676. The van der Waals surface area contributed by atoms with Crippen molar-refractivity contribution < 1.29 is 19.4 Å². The van der Waals surface area contributed by atoms with Crippen molar-refractivity contribution in [3.63, 3.8) is 0 Å². The van der Waals surface area contributed by atoms with Gasteiger partial charge in [-0.05, 0) is 100.0 Å². The van der Waals surface area contributed by atoms with Crippen molar-refractivity contribution in [1.29, 1.82) is 0 Å². The number of carbonyl (C=O) groups excluding carboxylic acids is 1. The van der Waals surface area contributed by atoms with E-state index < -0.39 is 0 Å². The third kappa shape index (κ3) is 4.50. The maximum atomic E-state index is 12.4. The van der Waals surface area contributed by atoms with Crippen molar-refractivity contribution >= 4 is 5.97 Å². The van der Waals surface area contributed by atoms with Crippen LogP contribution in [0.2, 0.25) is 0 Å². The molecule has 37 heavy (non-hydrogen) atoms. The third-order valence-corrected chi connectivity index (χ3v) is 12.5. The molecule has 6 rings (SSSR count). The molecule has 0 radical (unpaired) electrons. The van der Waals surface area contributed by atoms with Crippen molar-refractivity contribution in [3.05, 3.63) is 0 Å². The van der Waals surface area contributed by atoms with Gasteiger partial charge < -0.3 is 14.6 Å². The zero-order valence-electron chi connectivity index (χ0n) is 23.7. The summed E-state index contributed by atoms with van der Waals surface area (Å²) < 4.78 is 12.0. The number of rotatable bonds is 3. The molecule has 0 aromatic heterocycles. The second kappa shape index (κ2) is 10.4. The van der Waals surface area contributed by atoms with E-state index in [1.54, 1.807) is 6.92 Å². The van der Waals surface area contributed by atoms with Crippen molar-refractivity contribution in [2.24, 2.45) is 34.5 Å². The standard InChI is InChI=1S/C31H52N2O4/c1-21(34)37-29-26(32-14-6-4-5-7-15-32)20-25-22-8-9-24-28(33-16-18-36-19-17-33)27(35)11-13-30(24,2)23(22)10-12-31(25,29)3/h22-29,35H,4-20H2,1-3H3/t22-,23-,24?,25+,26?,27?,28?,29?,30-,31+/m1/s1. The van der Waals surface area contributed by atoms with Crippen LogP contribution in [-0.2, 0) is 14.3 Å². The summed E-state index contributed by atoms with van der Waals surface area (Å²) in [6.07, 6.45) is 13.3. The van der Waals surface area contributed by atoms with Gasteiger partial charge in [-0.1, -0.05) is 26.7 Å². The molecule has 2 heterocycles. The van der Waals surface area contributed by atoms with E-state index in [1.807, 2.05) is 0 Å². The van der Waals surface area contributed by atoms with Gasteiger partial charge in [-0.15, -0.1) is 0 Å². The van der Waals surface area contributed by atoms with Crippen molar-refractivity contribution in [1.82, 2.24) is 9.80 Å². The van der Waals surface area contributed by atoms with Gasteiger partial charge in [0.05, 0.1) is 19.3 Å². The maximum Gasteiger partial charge on any atom is 0.302 e. The summed E-state index contributed by atoms with van der Waals surface area (Å²) >= 11 is 0. The van der Waals surface area contributed by atoms with Gasteiger partial charge in [0.2, 0.25) is 0 Å². The van der Waals surface area contributed by atoms with E-state index in [1.165, 1.54) is 57.8 Å². The van der Waals surface area contributed by atoms with E-state index in [4.69, 9.17) is 9.47 Å². The van der Waals surface area contributed by atoms with Crippen LogP contribution in [0.3, 0.4) is 0 Å². The molecule has 1 N–H and O–H groups in total. The smallest absolute Gasteiger partial charge is 0.302 e. The molecule has 6 heteroatoms. The van der Waals surface area contributed by atoms with Crippen molar-refractivity contribution in [2.75, 3.05) is 39.4 Å². The molecule has 10 atom stereocenters. The Morgan fingerprint density at radius 3 is 2.24 bits per heavy atom. The zero-order chi connectivity index (χ0) is 25.8. The molecule has 0 bridgehead atoms. The second-order valence-corrected chi connectivity index (χ2v) is 14.1. The number of aliphatic hydroxyl groups is 1. The summed E-state index contributed by atoms with van der Waals surface area (Å²) in [6.45, 7) is 12.6. The minimum absolute atomic E-state index is 0.0360. The molecule has 4 saturated carbocycles. The number of hydrogen-bond acceptors (Lipinski definition) is 6. The topological polar surface area (TPSA) is 62.2 Å². The van der Waals surface area contributed by atoms with Gasteiger partial charge in [0, 0.05) is 37.5 Å². The highest BCUT2D eigenvalue weighted by atomic mass is 16.5. The first-order valence-corrected chi connectivity index (χ1v) is 15.7. The largest absolute Gasteiger partial charge is 0.460 e. The molecule has 2 saturated heterocycles. The van der Waals surface area contributed by atoms with Crippen LogP contribution in [0.25, 0.3) is 0 Å². The number of morpholine rings is 1. The summed E-state index contributed by atoms with van der Waals surface area (Å²) in [4.78, 5) is 17.7. The molecule has 210 valence electrons. The number of esters is 1. The quantitative estimate of drug-likeness (QED) is 0.558. The van der Waals surface area contributed by atoms with Crippen molar-refractivity contribution in [3.8, 4) is 0 Å². The Balaban J connectivity index is 1.27. The summed E-state index contributed by atoms with van der Waals surface area (Å²) in [5, 5.41) is 11.2. The molecule has 0 aromatic rings. The second-order valence-electron chi connectivity index (χ2n) is 14.1. The van der Waals surface area contributed by atoms with Crippen LogP contribution in [0, 0.1) is 34.5 Å². The molecule has 5 unspecified atom stereocenters. The van der Waals surface area contributed by atoms with Crippen LogP contribution < -0.4 is 0 Å². The lowest BCUT2D eigenvalue weighted by Crippen LogP contribution is -2.63. The highest BCUT2D eigenvalue weighted by Gasteiger charge is 2.65. The van der Waals surface area contributed by atoms with Gasteiger partial charge in [0.15, 0.2) is 0 Å². The Kier molecular flexibility index (Phi) is 7.44. The van der Waals surface area contributed by atoms with E-state index >= 15 is 0 Å². The van der Waals surface area contributed by atoms with E-state index in [2.05, 4.69) is 23.6 Å². The number of hydrogen-bond donors (Lipinski definition) is 1. The predicted molar refractivity (Wildman–Crippen MR) is 144 cm³/mol. The first-order chi connectivity index (χ1) is 17.8. The third-order valence-electron chi connectivity index (χ3n) is 12.5. The van der Waals surface area contributed by atoms with Crippen LogP contribution >= 0.6 is 0 Å². The Bertz CT molecular complexity index is 824. The lowest BCUT2D eigenvalue weighted by molar-refractivity contribution is -0.178. The lowest BCUT2D eigenvalue weighted by atomic mass is 9.44. The predicted octanol–water partition coefficient (Wildman–Crippen LogP) is 4.49. The van der Waals surface area contributed by atoms with Gasteiger partial charge in [-0.25, -0.2) is 0 Å². The lowest BCUT2D eigenvalue weighted by Gasteiger charge is -2.63. The SMILES string of the molecule is CC(=O)OC1C(N2CCCCCC2)C[C@H]2[C@@H]3CCC4C(N5CCOCC5)C(O)CC[C@]4(C)[C@@H]3CC[C@]12C. The van der Waals surface area contributed by atoms with Crippen LogP contribution in [0.15, 0.2) is 0 Å². The highest BCUT2D eigenvalue weighted by Crippen LogP contribution is 2.67. The molecule has 2 aliphatic heterocycles. The van der Waals surface area contributed by atoms with E-state index in [-0.39, 0.29) is 23.6 Å².